The van der Waals surface area contributed by atoms with Gasteiger partial charge in [-0.05, 0) is 47.4 Å². The van der Waals surface area contributed by atoms with Gasteiger partial charge >= 0.3 is 0 Å². The summed E-state index contributed by atoms with van der Waals surface area (Å²) in [5, 5.41) is 13.7. The topological polar surface area (TPSA) is 88.1 Å². The second-order valence-electron chi connectivity index (χ2n) is 6.44. The Hall–Kier alpha value is -1.90. The number of hydrogen-bond acceptors (Lipinski definition) is 4. The Morgan fingerprint density at radius 1 is 1.30 bits per heavy atom. The molecule has 2 aromatic rings. The van der Waals surface area contributed by atoms with E-state index < -0.39 is 0 Å². The zero-order chi connectivity index (χ0) is 19.4. The first kappa shape index (κ1) is 19.9. The molecular weight excluding hydrogens is 434 g/mol. The van der Waals surface area contributed by atoms with Crippen molar-refractivity contribution in [2.24, 2.45) is 7.05 Å². The Labute approximate surface area is 171 Å². The van der Waals surface area contributed by atoms with Gasteiger partial charge in [0.25, 0.3) is 11.8 Å². The fraction of sp³-hybridized carbons (Fsp3) is 0.389. The van der Waals surface area contributed by atoms with Gasteiger partial charge in [-0.3, -0.25) is 14.3 Å². The highest BCUT2D eigenvalue weighted by molar-refractivity contribution is 9.10. The summed E-state index contributed by atoms with van der Waals surface area (Å²) in [5.41, 5.74) is 0.582. The third-order valence-electron chi connectivity index (χ3n) is 4.44. The lowest BCUT2D eigenvalue weighted by molar-refractivity contribution is 0.0928. The molecule has 144 valence electrons. The Bertz CT molecular complexity index is 846. The van der Waals surface area contributed by atoms with Crippen LogP contribution >= 0.6 is 27.5 Å². The van der Waals surface area contributed by atoms with Crippen LogP contribution in [0.5, 0.6) is 0 Å². The highest BCUT2D eigenvalue weighted by Crippen LogP contribution is 2.27. The van der Waals surface area contributed by atoms with Crippen LogP contribution in [0.15, 0.2) is 28.7 Å². The number of amides is 2. The van der Waals surface area contributed by atoms with Crippen molar-refractivity contribution in [2.45, 2.75) is 25.3 Å². The molecule has 1 aromatic heterocycles. The zero-order valence-electron chi connectivity index (χ0n) is 14.9. The van der Waals surface area contributed by atoms with Gasteiger partial charge < -0.3 is 16.0 Å². The van der Waals surface area contributed by atoms with Gasteiger partial charge in [0.2, 0.25) is 0 Å². The van der Waals surface area contributed by atoms with Gasteiger partial charge in [-0.15, -0.1) is 0 Å². The normalized spacial score (nSPS) is 17.2. The van der Waals surface area contributed by atoms with E-state index in [1.165, 1.54) is 4.68 Å². The molecule has 1 aromatic carbocycles. The lowest BCUT2D eigenvalue weighted by Gasteiger charge is -2.15. The number of nitrogens with zero attached hydrogens (tertiary/aromatic N) is 2. The lowest BCUT2D eigenvalue weighted by atomic mass is 10.1. The average Bonchev–Trinajstić information content (AvgIpc) is 2.82. The van der Waals surface area contributed by atoms with Crippen LogP contribution in [0.2, 0.25) is 5.02 Å². The fourth-order valence-electron chi connectivity index (χ4n) is 3.00. The monoisotopic (exact) mass is 453 g/mol. The van der Waals surface area contributed by atoms with Crippen molar-refractivity contribution in [2.75, 3.05) is 18.4 Å². The number of halogens is 2. The Balaban J connectivity index is 1.75. The first-order valence-corrected chi connectivity index (χ1v) is 9.94. The summed E-state index contributed by atoms with van der Waals surface area (Å²) in [5.74, 6) is -0.252. The number of anilines is 1. The first-order valence-electron chi connectivity index (χ1n) is 8.77. The molecule has 3 rings (SSSR count). The number of aromatic nitrogens is 2. The van der Waals surface area contributed by atoms with Gasteiger partial charge in [0.15, 0.2) is 5.69 Å². The van der Waals surface area contributed by atoms with Crippen LogP contribution in [-0.4, -0.2) is 40.7 Å². The predicted octanol–water partition coefficient (Wildman–Crippen LogP) is 2.96. The van der Waals surface area contributed by atoms with Crippen molar-refractivity contribution in [3.05, 3.63) is 45.0 Å². The SMILES string of the molecule is Cn1nc(C(=O)N[C@@H]2CCCCNC2)c(Br)c1NC(=O)c1ccccc1Cl. The van der Waals surface area contributed by atoms with Crippen molar-refractivity contribution >= 4 is 45.2 Å². The van der Waals surface area contributed by atoms with Crippen molar-refractivity contribution in [1.82, 2.24) is 20.4 Å². The van der Waals surface area contributed by atoms with E-state index in [0.717, 1.165) is 32.4 Å². The summed E-state index contributed by atoms with van der Waals surface area (Å²) in [4.78, 5) is 25.2. The van der Waals surface area contributed by atoms with Crippen LogP contribution in [0.4, 0.5) is 5.82 Å². The largest absolute Gasteiger partial charge is 0.347 e. The van der Waals surface area contributed by atoms with Gasteiger partial charge in [-0.2, -0.15) is 5.10 Å². The van der Waals surface area contributed by atoms with Crippen LogP contribution < -0.4 is 16.0 Å². The third kappa shape index (κ3) is 4.69. The summed E-state index contributed by atoms with van der Waals surface area (Å²) < 4.78 is 1.89. The van der Waals surface area contributed by atoms with E-state index in [2.05, 4.69) is 37.0 Å². The molecule has 0 unspecified atom stereocenters. The van der Waals surface area contributed by atoms with E-state index in [-0.39, 0.29) is 23.6 Å². The smallest absolute Gasteiger partial charge is 0.273 e. The molecule has 0 saturated carbocycles. The maximum atomic E-state index is 12.6. The van der Waals surface area contributed by atoms with E-state index in [4.69, 9.17) is 11.6 Å². The highest BCUT2D eigenvalue weighted by Gasteiger charge is 2.24. The molecule has 9 heteroatoms. The van der Waals surface area contributed by atoms with Crippen LogP contribution in [-0.2, 0) is 7.05 Å². The van der Waals surface area contributed by atoms with Crippen molar-refractivity contribution in [3.63, 3.8) is 0 Å². The minimum atomic E-state index is -0.371. The predicted molar refractivity (Wildman–Crippen MR) is 108 cm³/mol. The standard InChI is InChI=1S/C18H21BrClN5O2/c1-25-16(23-17(26)12-7-2-3-8-13(12)20)14(19)15(24-25)18(27)22-11-6-4-5-9-21-10-11/h2-3,7-8,11,21H,4-6,9-10H2,1H3,(H,22,27)(H,23,26)/t11-/m1/s1. The minimum Gasteiger partial charge on any atom is -0.347 e. The van der Waals surface area contributed by atoms with Gasteiger partial charge in [-0.1, -0.05) is 30.2 Å². The first-order chi connectivity index (χ1) is 13.0. The summed E-state index contributed by atoms with van der Waals surface area (Å²) in [6.07, 6.45) is 3.11. The summed E-state index contributed by atoms with van der Waals surface area (Å²) in [6, 6.07) is 6.83. The van der Waals surface area contributed by atoms with E-state index >= 15 is 0 Å². The van der Waals surface area contributed by atoms with Crippen molar-refractivity contribution < 1.29 is 9.59 Å². The molecule has 1 fully saturated rings. The molecule has 7 nitrogen and oxygen atoms in total. The van der Waals surface area contributed by atoms with Gasteiger partial charge in [0, 0.05) is 19.6 Å². The molecule has 2 amide bonds. The second kappa shape index (κ2) is 8.86. The van der Waals surface area contributed by atoms with Crippen molar-refractivity contribution in [3.8, 4) is 0 Å². The van der Waals surface area contributed by atoms with Crippen molar-refractivity contribution in [1.29, 1.82) is 0 Å². The zero-order valence-corrected chi connectivity index (χ0v) is 17.2. The quantitative estimate of drug-likeness (QED) is 0.663. The molecule has 1 saturated heterocycles. The molecule has 2 heterocycles. The number of aryl methyl sites for hydroxylation is 1. The summed E-state index contributed by atoms with van der Waals surface area (Å²) >= 11 is 9.47. The number of carbonyl (C=O) groups excluding carboxylic acids is 2. The molecule has 27 heavy (non-hydrogen) atoms. The van der Waals surface area contributed by atoms with Gasteiger partial charge in [0.1, 0.15) is 5.82 Å². The molecule has 0 radical (unpaired) electrons. The number of carbonyl (C=O) groups is 2. The number of nitrogens with one attached hydrogen (secondary N) is 3. The third-order valence-corrected chi connectivity index (χ3v) is 5.52. The molecule has 0 spiro atoms. The highest BCUT2D eigenvalue weighted by atomic mass is 79.9. The second-order valence-corrected chi connectivity index (χ2v) is 7.64. The summed E-state index contributed by atoms with van der Waals surface area (Å²) in [7, 11) is 1.66. The lowest BCUT2D eigenvalue weighted by Crippen LogP contribution is -2.41. The maximum Gasteiger partial charge on any atom is 0.273 e. The molecule has 0 bridgehead atoms. The van der Waals surface area contributed by atoms with Crippen LogP contribution in [0, 0.1) is 0 Å². The number of benzene rings is 1. The minimum absolute atomic E-state index is 0.0649. The Kier molecular flexibility index (Phi) is 6.51. The van der Waals surface area contributed by atoms with Gasteiger partial charge in [0.05, 0.1) is 15.1 Å². The van der Waals surface area contributed by atoms with E-state index in [1.807, 2.05) is 0 Å². The number of rotatable bonds is 4. The Morgan fingerprint density at radius 2 is 2.07 bits per heavy atom. The fourth-order valence-corrected chi connectivity index (χ4v) is 3.83. The Morgan fingerprint density at radius 3 is 2.85 bits per heavy atom. The van der Waals surface area contributed by atoms with Crippen LogP contribution in [0.1, 0.15) is 40.1 Å². The van der Waals surface area contributed by atoms with E-state index in [1.54, 1.807) is 31.3 Å². The van der Waals surface area contributed by atoms with E-state index in [9.17, 15) is 9.59 Å². The van der Waals surface area contributed by atoms with Crippen LogP contribution in [0.3, 0.4) is 0 Å². The molecule has 1 atom stereocenters. The molecule has 1 aliphatic rings. The molecular formula is C18H21BrClN5O2. The molecule has 3 N–H and O–H groups in total. The maximum absolute atomic E-state index is 12.6. The summed E-state index contributed by atoms with van der Waals surface area (Å²) in [6.45, 7) is 1.71. The molecule has 1 aliphatic heterocycles. The molecule has 0 aliphatic carbocycles. The van der Waals surface area contributed by atoms with Gasteiger partial charge in [-0.25, -0.2) is 0 Å². The van der Waals surface area contributed by atoms with E-state index in [0.29, 0.717) is 20.9 Å². The van der Waals surface area contributed by atoms with Crippen LogP contribution in [0.25, 0.3) is 0 Å². The number of hydrogen-bond donors (Lipinski definition) is 3. The average molecular weight is 455 g/mol.